The molecule has 0 spiro atoms. The van der Waals surface area contributed by atoms with Crippen molar-refractivity contribution >= 4 is 11.5 Å². The molecule has 110 valence electrons. The number of halogens is 2. The van der Waals surface area contributed by atoms with E-state index in [9.17, 15) is 8.78 Å². The predicted molar refractivity (Wildman–Crippen MR) is 74.1 cm³/mol. The Morgan fingerprint density at radius 2 is 1.85 bits per heavy atom. The molecule has 0 aliphatic heterocycles. The van der Waals surface area contributed by atoms with Crippen LogP contribution in [0.15, 0.2) is 12.1 Å². The Bertz CT molecular complexity index is 478. The van der Waals surface area contributed by atoms with Crippen molar-refractivity contribution < 1.29 is 13.9 Å². The van der Waals surface area contributed by atoms with Crippen LogP contribution in [0.25, 0.3) is 0 Å². The third kappa shape index (κ3) is 2.90. The molecular weight excluding hydrogens is 264 g/mol. The van der Waals surface area contributed by atoms with Gasteiger partial charge in [0.05, 0.1) is 6.61 Å². The van der Waals surface area contributed by atoms with Gasteiger partial charge in [0.15, 0.2) is 0 Å². The van der Waals surface area contributed by atoms with E-state index in [0.29, 0.717) is 0 Å². The number of amidine groups is 1. The normalized spacial score (nSPS) is 15.6. The molecule has 0 saturated heterocycles. The van der Waals surface area contributed by atoms with Gasteiger partial charge in [0.25, 0.3) is 0 Å². The standard InChI is InChI=1S/C14H19F2N3O/c15-11-7-9(14(17)18)8-12(16)13(11)19(5-6-20)10-3-1-2-4-10/h7-8,10,20H,1-6H2,(H3,17,18). The maximum Gasteiger partial charge on any atom is 0.150 e. The molecule has 0 radical (unpaired) electrons. The fraction of sp³-hybridized carbons (Fsp3) is 0.500. The monoisotopic (exact) mass is 283 g/mol. The van der Waals surface area contributed by atoms with E-state index in [0.717, 1.165) is 37.8 Å². The maximum absolute atomic E-state index is 14.2. The fourth-order valence-electron chi connectivity index (χ4n) is 2.80. The molecule has 2 rings (SSSR count). The number of aliphatic hydroxyl groups is 1. The lowest BCUT2D eigenvalue weighted by Crippen LogP contribution is -2.37. The molecule has 1 saturated carbocycles. The average Bonchev–Trinajstić information content (AvgIpc) is 2.90. The summed E-state index contributed by atoms with van der Waals surface area (Å²) in [5.74, 6) is -1.85. The molecule has 0 atom stereocenters. The van der Waals surface area contributed by atoms with E-state index >= 15 is 0 Å². The summed E-state index contributed by atoms with van der Waals surface area (Å²) in [5, 5.41) is 16.4. The van der Waals surface area contributed by atoms with E-state index in [-0.39, 0.29) is 36.3 Å². The second-order valence-corrected chi connectivity index (χ2v) is 5.06. The van der Waals surface area contributed by atoms with Gasteiger partial charge in [0.1, 0.15) is 23.2 Å². The van der Waals surface area contributed by atoms with Gasteiger partial charge in [-0.3, -0.25) is 5.41 Å². The van der Waals surface area contributed by atoms with Crippen molar-refractivity contribution in [3.8, 4) is 0 Å². The first-order valence-electron chi connectivity index (χ1n) is 6.75. The highest BCUT2D eigenvalue weighted by atomic mass is 19.1. The number of benzene rings is 1. The average molecular weight is 283 g/mol. The summed E-state index contributed by atoms with van der Waals surface area (Å²) in [6.45, 7) is 0.0295. The Kier molecular flexibility index (Phi) is 4.54. The summed E-state index contributed by atoms with van der Waals surface area (Å²) in [6.07, 6.45) is 3.80. The largest absolute Gasteiger partial charge is 0.395 e. The van der Waals surface area contributed by atoms with Gasteiger partial charge in [0.2, 0.25) is 0 Å². The molecule has 20 heavy (non-hydrogen) atoms. The zero-order valence-electron chi connectivity index (χ0n) is 11.2. The van der Waals surface area contributed by atoms with Gasteiger partial charge >= 0.3 is 0 Å². The van der Waals surface area contributed by atoms with Crippen molar-refractivity contribution in [2.24, 2.45) is 5.73 Å². The summed E-state index contributed by atoms with van der Waals surface area (Å²) < 4.78 is 28.4. The summed E-state index contributed by atoms with van der Waals surface area (Å²) in [4.78, 5) is 1.60. The summed E-state index contributed by atoms with van der Waals surface area (Å²) >= 11 is 0. The first-order valence-corrected chi connectivity index (χ1v) is 6.75. The van der Waals surface area contributed by atoms with E-state index in [2.05, 4.69) is 0 Å². The lowest BCUT2D eigenvalue weighted by molar-refractivity contribution is 0.296. The molecule has 1 aromatic carbocycles. The molecule has 1 fully saturated rings. The molecule has 0 heterocycles. The van der Waals surface area contributed by atoms with Crippen LogP contribution in [-0.2, 0) is 0 Å². The van der Waals surface area contributed by atoms with Crippen LogP contribution in [0.5, 0.6) is 0 Å². The van der Waals surface area contributed by atoms with E-state index < -0.39 is 11.6 Å². The second kappa shape index (κ2) is 6.17. The van der Waals surface area contributed by atoms with Gasteiger partial charge in [-0.15, -0.1) is 0 Å². The third-order valence-corrected chi connectivity index (χ3v) is 3.72. The van der Waals surface area contributed by atoms with Crippen molar-refractivity contribution in [2.75, 3.05) is 18.1 Å². The molecule has 4 N–H and O–H groups in total. The molecular formula is C14H19F2N3O. The number of aliphatic hydroxyl groups excluding tert-OH is 1. The minimum absolute atomic E-state index is 0.0270. The third-order valence-electron chi connectivity index (χ3n) is 3.72. The van der Waals surface area contributed by atoms with Gasteiger partial charge < -0.3 is 15.7 Å². The highest BCUT2D eigenvalue weighted by molar-refractivity contribution is 5.95. The van der Waals surface area contributed by atoms with E-state index in [4.69, 9.17) is 16.2 Å². The minimum atomic E-state index is -0.740. The van der Waals surface area contributed by atoms with E-state index in [1.54, 1.807) is 4.90 Å². The number of rotatable bonds is 5. The van der Waals surface area contributed by atoms with E-state index in [1.807, 2.05) is 0 Å². The fourth-order valence-corrected chi connectivity index (χ4v) is 2.80. The zero-order chi connectivity index (χ0) is 14.7. The molecule has 1 aliphatic rings. The van der Waals surface area contributed by atoms with Crippen molar-refractivity contribution in [3.63, 3.8) is 0 Å². The van der Waals surface area contributed by atoms with Crippen LogP contribution < -0.4 is 10.6 Å². The number of hydrogen-bond donors (Lipinski definition) is 3. The maximum atomic E-state index is 14.2. The second-order valence-electron chi connectivity index (χ2n) is 5.06. The van der Waals surface area contributed by atoms with Crippen LogP contribution >= 0.6 is 0 Å². The smallest absolute Gasteiger partial charge is 0.150 e. The molecule has 0 bridgehead atoms. The van der Waals surface area contributed by atoms with Gasteiger partial charge in [-0.25, -0.2) is 8.78 Å². The number of nitrogens with two attached hydrogens (primary N) is 1. The number of nitrogen functional groups attached to an aromatic ring is 1. The van der Waals surface area contributed by atoms with Crippen LogP contribution in [0.1, 0.15) is 31.2 Å². The highest BCUT2D eigenvalue weighted by Gasteiger charge is 2.27. The Balaban J connectivity index is 2.39. The quantitative estimate of drug-likeness (QED) is 0.571. The molecule has 4 nitrogen and oxygen atoms in total. The molecule has 1 aromatic rings. The number of nitrogens with zero attached hydrogens (tertiary/aromatic N) is 1. The summed E-state index contributed by atoms with van der Waals surface area (Å²) in [6, 6.07) is 2.19. The summed E-state index contributed by atoms with van der Waals surface area (Å²) in [7, 11) is 0. The molecule has 0 aromatic heterocycles. The molecule has 1 aliphatic carbocycles. The van der Waals surface area contributed by atoms with Gasteiger partial charge in [-0.1, -0.05) is 12.8 Å². The van der Waals surface area contributed by atoms with Gasteiger partial charge in [-0.2, -0.15) is 0 Å². The van der Waals surface area contributed by atoms with Crippen LogP contribution in [0.4, 0.5) is 14.5 Å². The lowest BCUT2D eigenvalue weighted by atomic mass is 10.1. The molecule has 6 heteroatoms. The van der Waals surface area contributed by atoms with Crippen molar-refractivity contribution in [1.82, 2.24) is 0 Å². The minimum Gasteiger partial charge on any atom is -0.395 e. The Labute approximate surface area is 116 Å². The van der Waals surface area contributed by atoms with Crippen LogP contribution in [-0.4, -0.2) is 30.1 Å². The van der Waals surface area contributed by atoms with Gasteiger partial charge in [-0.05, 0) is 25.0 Å². The van der Waals surface area contributed by atoms with Crippen molar-refractivity contribution in [2.45, 2.75) is 31.7 Å². The Hall–Kier alpha value is -1.69. The first kappa shape index (κ1) is 14.7. The Morgan fingerprint density at radius 3 is 2.30 bits per heavy atom. The molecule has 0 amide bonds. The lowest BCUT2D eigenvalue weighted by Gasteiger charge is -2.31. The zero-order valence-corrected chi connectivity index (χ0v) is 11.2. The predicted octanol–water partition coefficient (Wildman–Crippen LogP) is 1.99. The van der Waals surface area contributed by atoms with Gasteiger partial charge in [0, 0.05) is 18.2 Å². The van der Waals surface area contributed by atoms with Crippen LogP contribution in [0, 0.1) is 17.0 Å². The van der Waals surface area contributed by atoms with Crippen LogP contribution in [0.3, 0.4) is 0 Å². The van der Waals surface area contributed by atoms with Crippen LogP contribution in [0.2, 0.25) is 0 Å². The molecule has 0 unspecified atom stereocenters. The summed E-state index contributed by atoms with van der Waals surface area (Å²) in [5.41, 5.74) is 5.15. The number of nitrogens with one attached hydrogen (secondary N) is 1. The SMILES string of the molecule is N=C(N)c1cc(F)c(N(CCO)C2CCCC2)c(F)c1. The van der Waals surface area contributed by atoms with Crippen molar-refractivity contribution in [1.29, 1.82) is 5.41 Å². The van der Waals surface area contributed by atoms with Crippen molar-refractivity contribution in [3.05, 3.63) is 29.3 Å². The topological polar surface area (TPSA) is 73.3 Å². The Morgan fingerprint density at radius 1 is 1.30 bits per heavy atom. The first-order chi connectivity index (χ1) is 9.54. The number of anilines is 1. The highest BCUT2D eigenvalue weighted by Crippen LogP contribution is 2.32. The number of hydrogen-bond acceptors (Lipinski definition) is 3. The van der Waals surface area contributed by atoms with E-state index in [1.165, 1.54) is 0 Å².